The van der Waals surface area contributed by atoms with E-state index in [0.717, 1.165) is 36.8 Å². The van der Waals surface area contributed by atoms with E-state index in [1.54, 1.807) is 12.1 Å². The Labute approximate surface area is 193 Å². The number of aryl methyl sites for hydroxylation is 2. The van der Waals surface area contributed by atoms with E-state index < -0.39 is 11.8 Å². The number of nitrogens with zero attached hydrogens (tertiary/aromatic N) is 1. The normalized spacial score (nSPS) is 19.9. The number of amides is 3. The third kappa shape index (κ3) is 4.27. The molecule has 0 spiro atoms. The maximum Gasteiger partial charge on any atom is 0.309 e. The van der Waals surface area contributed by atoms with Crippen LogP contribution in [0.2, 0.25) is 0 Å². The molecule has 7 heteroatoms. The Kier molecular flexibility index (Phi) is 6.31. The third-order valence-corrected chi connectivity index (χ3v) is 6.68. The van der Waals surface area contributed by atoms with E-state index >= 15 is 0 Å². The van der Waals surface area contributed by atoms with Gasteiger partial charge in [0.1, 0.15) is 0 Å². The fourth-order valence-corrected chi connectivity index (χ4v) is 4.90. The average molecular weight is 449 g/mol. The number of ether oxygens (including phenoxy) is 1. The molecule has 1 aliphatic heterocycles. The van der Waals surface area contributed by atoms with Crippen LogP contribution in [0, 0.1) is 25.7 Å². The van der Waals surface area contributed by atoms with Gasteiger partial charge in [0.2, 0.25) is 0 Å². The van der Waals surface area contributed by atoms with E-state index in [9.17, 15) is 19.2 Å². The number of carbonyl (C=O) groups is 4. The van der Waals surface area contributed by atoms with Crippen LogP contribution < -0.4 is 10.2 Å². The van der Waals surface area contributed by atoms with Crippen LogP contribution in [0.3, 0.4) is 0 Å². The first-order chi connectivity index (χ1) is 15.8. The SMILES string of the molecule is COC(=O)C1CCCCC1CNC(=O)c1ccc2c(c1)C(=O)N(c1ccc(C)cc1C)C2=O. The van der Waals surface area contributed by atoms with Gasteiger partial charge in [-0.3, -0.25) is 19.2 Å². The molecule has 0 radical (unpaired) electrons. The van der Waals surface area contributed by atoms with Gasteiger partial charge in [-0.1, -0.05) is 30.5 Å². The molecule has 1 heterocycles. The van der Waals surface area contributed by atoms with Crippen molar-refractivity contribution in [3.63, 3.8) is 0 Å². The van der Waals surface area contributed by atoms with Crippen LogP contribution in [0.15, 0.2) is 36.4 Å². The first-order valence-electron chi connectivity index (χ1n) is 11.3. The lowest BCUT2D eigenvalue weighted by Gasteiger charge is -2.29. The Bertz CT molecular complexity index is 1140. The van der Waals surface area contributed by atoms with Crippen LogP contribution in [0.25, 0.3) is 0 Å². The van der Waals surface area contributed by atoms with Crippen LogP contribution in [0.1, 0.15) is 67.9 Å². The summed E-state index contributed by atoms with van der Waals surface area (Å²) in [4.78, 5) is 52.1. The molecule has 2 aromatic carbocycles. The van der Waals surface area contributed by atoms with Gasteiger partial charge in [-0.05, 0) is 62.4 Å². The van der Waals surface area contributed by atoms with Crippen molar-refractivity contribution in [2.45, 2.75) is 39.5 Å². The van der Waals surface area contributed by atoms with Gasteiger partial charge in [-0.25, -0.2) is 4.90 Å². The number of nitrogens with one attached hydrogen (secondary N) is 1. The number of hydrogen-bond donors (Lipinski definition) is 1. The van der Waals surface area contributed by atoms with E-state index in [4.69, 9.17) is 4.74 Å². The molecule has 1 saturated carbocycles. The summed E-state index contributed by atoms with van der Waals surface area (Å²) in [5.74, 6) is -1.59. The minimum absolute atomic E-state index is 0.0211. The fraction of sp³-hybridized carbons (Fsp3) is 0.385. The second-order valence-corrected chi connectivity index (χ2v) is 8.88. The summed E-state index contributed by atoms with van der Waals surface area (Å²) in [7, 11) is 1.39. The maximum absolute atomic E-state index is 13.1. The first kappa shape index (κ1) is 22.7. The molecule has 1 aliphatic carbocycles. The zero-order chi connectivity index (χ0) is 23.7. The van der Waals surface area contributed by atoms with Crippen molar-refractivity contribution in [3.05, 3.63) is 64.2 Å². The van der Waals surface area contributed by atoms with Crippen molar-refractivity contribution in [2.24, 2.45) is 11.8 Å². The lowest BCUT2D eigenvalue weighted by atomic mass is 9.79. The second kappa shape index (κ2) is 9.17. The van der Waals surface area contributed by atoms with Crippen molar-refractivity contribution in [1.82, 2.24) is 5.32 Å². The molecule has 0 aromatic heterocycles. The molecule has 33 heavy (non-hydrogen) atoms. The number of anilines is 1. The summed E-state index contributed by atoms with van der Waals surface area (Å²) in [6.07, 6.45) is 3.60. The standard InChI is InChI=1S/C26H28N2O5/c1-15-8-11-22(16(2)12-15)28-24(30)20-10-9-17(13-21(20)25(28)31)23(29)27-14-18-6-4-5-7-19(18)26(32)33-3/h8-13,18-19H,4-7,14H2,1-3H3,(H,27,29). The molecular weight excluding hydrogens is 420 g/mol. The average Bonchev–Trinajstić information content (AvgIpc) is 3.06. The summed E-state index contributed by atoms with van der Waals surface area (Å²) < 4.78 is 4.92. The number of esters is 1. The number of carbonyl (C=O) groups excluding carboxylic acids is 4. The molecule has 4 rings (SSSR count). The van der Waals surface area contributed by atoms with Crippen LogP contribution in [0.5, 0.6) is 0 Å². The molecule has 2 aromatic rings. The van der Waals surface area contributed by atoms with E-state index in [0.29, 0.717) is 17.8 Å². The lowest BCUT2D eigenvalue weighted by Crippen LogP contribution is -2.37. The molecule has 0 bridgehead atoms. The monoisotopic (exact) mass is 448 g/mol. The van der Waals surface area contributed by atoms with Crippen LogP contribution in [-0.4, -0.2) is 37.3 Å². The molecular formula is C26H28N2O5. The topological polar surface area (TPSA) is 92.8 Å². The van der Waals surface area contributed by atoms with Crippen molar-refractivity contribution >= 4 is 29.4 Å². The van der Waals surface area contributed by atoms with Gasteiger partial charge in [0.05, 0.1) is 29.8 Å². The van der Waals surface area contributed by atoms with E-state index in [1.165, 1.54) is 24.1 Å². The quantitative estimate of drug-likeness (QED) is 0.555. The van der Waals surface area contributed by atoms with Crippen molar-refractivity contribution < 1.29 is 23.9 Å². The van der Waals surface area contributed by atoms with Gasteiger partial charge in [0.25, 0.3) is 17.7 Å². The van der Waals surface area contributed by atoms with Gasteiger partial charge in [0.15, 0.2) is 0 Å². The number of rotatable bonds is 5. The molecule has 7 nitrogen and oxygen atoms in total. The van der Waals surface area contributed by atoms with Gasteiger partial charge in [-0.2, -0.15) is 0 Å². The van der Waals surface area contributed by atoms with Gasteiger partial charge >= 0.3 is 5.97 Å². The third-order valence-electron chi connectivity index (χ3n) is 6.68. The summed E-state index contributed by atoms with van der Waals surface area (Å²) >= 11 is 0. The highest BCUT2D eigenvalue weighted by Gasteiger charge is 2.38. The zero-order valence-electron chi connectivity index (χ0n) is 19.1. The van der Waals surface area contributed by atoms with E-state index in [2.05, 4.69) is 5.32 Å². The Morgan fingerprint density at radius 1 is 1.00 bits per heavy atom. The number of benzene rings is 2. The molecule has 1 fully saturated rings. The number of fused-ring (bicyclic) bond motifs is 1. The van der Waals surface area contributed by atoms with Crippen molar-refractivity contribution in [2.75, 3.05) is 18.6 Å². The summed E-state index contributed by atoms with van der Waals surface area (Å²) in [5, 5.41) is 2.90. The predicted molar refractivity (Wildman–Crippen MR) is 123 cm³/mol. The minimum atomic E-state index is -0.436. The zero-order valence-corrected chi connectivity index (χ0v) is 19.1. The second-order valence-electron chi connectivity index (χ2n) is 8.88. The Morgan fingerprint density at radius 3 is 2.45 bits per heavy atom. The van der Waals surface area contributed by atoms with Crippen LogP contribution in [0.4, 0.5) is 5.69 Å². The van der Waals surface area contributed by atoms with E-state index in [1.807, 2.05) is 26.0 Å². The lowest BCUT2D eigenvalue weighted by molar-refractivity contribution is -0.148. The van der Waals surface area contributed by atoms with Crippen molar-refractivity contribution in [1.29, 1.82) is 0 Å². The summed E-state index contributed by atoms with van der Waals surface area (Å²) in [6.45, 7) is 4.17. The highest BCUT2D eigenvalue weighted by Crippen LogP contribution is 2.32. The predicted octanol–water partition coefficient (Wildman–Crippen LogP) is 3.81. The van der Waals surface area contributed by atoms with Crippen LogP contribution >= 0.6 is 0 Å². The minimum Gasteiger partial charge on any atom is -0.469 e. The Morgan fingerprint density at radius 2 is 1.73 bits per heavy atom. The molecule has 172 valence electrons. The number of imide groups is 1. The molecule has 3 amide bonds. The molecule has 2 atom stereocenters. The molecule has 2 unspecified atom stereocenters. The van der Waals surface area contributed by atoms with Gasteiger partial charge in [0, 0.05) is 12.1 Å². The molecule has 1 N–H and O–H groups in total. The molecule has 0 saturated heterocycles. The maximum atomic E-state index is 13.1. The number of methoxy groups -OCH3 is 1. The summed E-state index contributed by atoms with van der Waals surface area (Å²) in [6, 6.07) is 10.1. The fourth-order valence-electron chi connectivity index (χ4n) is 4.90. The highest BCUT2D eigenvalue weighted by atomic mass is 16.5. The van der Waals surface area contributed by atoms with E-state index in [-0.39, 0.29) is 34.8 Å². The number of hydrogen-bond acceptors (Lipinski definition) is 5. The van der Waals surface area contributed by atoms with Crippen molar-refractivity contribution in [3.8, 4) is 0 Å². The smallest absolute Gasteiger partial charge is 0.309 e. The van der Waals surface area contributed by atoms with Gasteiger partial charge < -0.3 is 10.1 Å². The van der Waals surface area contributed by atoms with Gasteiger partial charge in [-0.15, -0.1) is 0 Å². The largest absolute Gasteiger partial charge is 0.469 e. The van der Waals surface area contributed by atoms with Crippen LogP contribution in [-0.2, 0) is 9.53 Å². The first-order valence-corrected chi connectivity index (χ1v) is 11.3. The Balaban J connectivity index is 1.51. The Hall–Kier alpha value is -3.48. The summed E-state index contributed by atoms with van der Waals surface area (Å²) in [5.41, 5.74) is 3.23. The highest BCUT2D eigenvalue weighted by molar-refractivity contribution is 6.35. The molecule has 2 aliphatic rings.